The number of carbonyl (C=O) groups is 1. The van der Waals surface area contributed by atoms with Crippen LogP contribution < -0.4 is 10.2 Å². The molecule has 0 aromatic heterocycles. The van der Waals surface area contributed by atoms with Crippen LogP contribution in [-0.4, -0.2) is 59.2 Å². The third-order valence-electron chi connectivity index (χ3n) is 4.27. The molecule has 0 saturated heterocycles. The van der Waals surface area contributed by atoms with Gasteiger partial charge in [0.2, 0.25) is 10.0 Å². The van der Waals surface area contributed by atoms with E-state index in [9.17, 15) is 17.6 Å². The highest BCUT2D eigenvalue weighted by Crippen LogP contribution is 2.25. The summed E-state index contributed by atoms with van der Waals surface area (Å²) in [5.74, 6) is -0.948. The molecule has 0 fully saturated rings. The topological polar surface area (TPSA) is 79.0 Å². The maximum Gasteiger partial charge on any atom is 0.255 e. The second kappa shape index (κ2) is 9.82. The van der Waals surface area contributed by atoms with Crippen molar-refractivity contribution in [3.05, 3.63) is 59.4 Å². The van der Waals surface area contributed by atoms with Gasteiger partial charge in [0.05, 0.1) is 12.9 Å². The summed E-state index contributed by atoms with van der Waals surface area (Å²) in [5, 5.41) is 2.73. The summed E-state index contributed by atoms with van der Waals surface area (Å²) in [7, 11) is 1.75. The van der Waals surface area contributed by atoms with Crippen molar-refractivity contribution in [2.75, 3.05) is 50.8 Å². The van der Waals surface area contributed by atoms with E-state index in [1.165, 1.54) is 29.6 Å². The lowest BCUT2D eigenvalue weighted by Crippen LogP contribution is -2.33. The summed E-state index contributed by atoms with van der Waals surface area (Å²) >= 11 is 0. The third-order valence-corrected chi connectivity index (χ3v) is 5.52. The standard InChI is InChI=1S/C20H26FN3O4S/c1-23(2)19-9-8-18(22-20(25)15-6-5-7-17(21)12-15)13-16(19)14-24(10-11-28-3)29(4,26)27/h5-9,12-13H,10-11,14H2,1-4H3,(H,22,25). The fourth-order valence-corrected chi connectivity index (χ4v) is 3.58. The molecule has 0 radical (unpaired) electrons. The Morgan fingerprint density at radius 3 is 2.48 bits per heavy atom. The lowest BCUT2D eigenvalue weighted by atomic mass is 10.1. The predicted octanol–water partition coefficient (Wildman–Crippen LogP) is 2.55. The molecule has 0 aliphatic heterocycles. The number of hydrogen-bond donors (Lipinski definition) is 1. The molecule has 0 aliphatic carbocycles. The van der Waals surface area contributed by atoms with Crippen LogP contribution >= 0.6 is 0 Å². The summed E-state index contributed by atoms with van der Waals surface area (Å²) in [6, 6.07) is 10.6. The second-order valence-corrected chi connectivity index (χ2v) is 8.77. The first-order valence-corrected chi connectivity index (χ1v) is 10.8. The van der Waals surface area contributed by atoms with Crippen molar-refractivity contribution in [3.8, 4) is 0 Å². The second-order valence-electron chi connectivity index (χ2n) is 6.79. The Hall–Kier alpha value is -2.49. The van der Waals surface area contributed by atoms with Crippen LogP contribution in [0.3, 0.4) is 0 Å². The van der Waals surface area contributed by atoms with Gasteiger partial charge >= 0.3 is 0 Å². The highest BCUT2D eigenvalue weighted by molar-refractivity contribution is 7.88. The van der Waals surface area contributed by atoms with E-state index in [-0.39, 0.29) is 25.3 Å². The van der Waals surface area contributed by atoms with Crippen LogP contribution in [0, 0.1) is 5.82 Å². The van der Waals surface area contributed by atoms with Crippen molar-refractivity contribution in [2.45, 2.75) is 6.54 Å². The number of sulfonamides is 1. The van der Waals surface area contributed by atoms with Gasteiger partial charge in [-0.3, -0.25) is 4.79 Å². The first-order valence-electron chi connectivity index (χ1n) is 8.93. The molecule has 0 saturated carbocycles. The fourth-order valence-electron chi connectivity index (χ4n) is 2.80. The van der Waals surface area contributed by atoms with Gasteiger partial charge in [-0.2, -0.15) is 4.31 Å². The van der Waals surface area contributed by atoms with Crippen LogP contribution in [-0.2, 0) is 21.3 Å². The van der Waals surface area contributed by atoms with Crippen LogP contribution in [0.1, 0.15) is 15.9 Å². The summed E-state index contributed by atoms with van der Waals surface area (Å²) in [6.07, 6.45) is 1.15. The van der Waals surface area contributed by atoms with Crippen molar-refractivity contribution < 1.29 is 22.3 Å². The van der Waals surface area contributed by atoms with Crippen LogP contribution in [0.5, 0.6) is 0 Å². The van der Waals surface area contributed by atoms with Crippen molar-refractivity contribution in [2.24, 2.45) is 0 Å². The van der Waals surface area contributed by atoms with Crippen LogP contribution in [0.4, 0.5) is 15.8 Å². The van der Waals surface area contributed by atoms with E-state index in [4.69, 9.17) is 4.74 Å². The monoisotopic (exact) mass is 423 g/mol. The number of nitrogens with one attached hydrogen (secondary N) is 1. The van der Waals surface area contributed by atoms with E-state index < -0.39 is 21.7 Å². The number of hydrogen-bond acceptors (Lipinski definition) is 5. The molecule has 0 unspecified atom stereocenters. The first-order chi connectivity index (χ1) is 13.6. The zero-order valence-corrected chi connectivity index (χ0v) is 17.8. The number of rotatable bonds is 9. The Kier molecular flexibility index (Phi) is 7.72. The molecular weight excluding hydrogens is 397 g/mol. The molecular formula is C20H26FN3O4S. The Morgan fingerprint density at radius 2 is 1.90 bits per heavy atom. The van der Waals surface area contributed by atoms with Crippen LogP contribution in [0.2, 0.25) is 0 Å². The number of methoxy groups -OCH3 is 1. The number of amides is 1. The Labute approximate surface area is 171 Å². The maximum absolute atomic E-state index is 13.4. The van der Waals surface area contributed by atoms with Crippen molar-refractivity contribution in [1.82, 2.24) is 4.31 Å². The summed E-state index contributed by atoms with van der Waals surface area (Å²) < 4.78 is 44.0. The normalized spacial score (nSPS) is 11.5. The zero-order chi connectivity index (χ0) is 21.6. The minimum Gasteiger partial charge on any atom is -0.383 e. The number of ether oxygens (including phenoxy) is 1. The highest BCUT2D eigenvalue weighted by atomic mass is 32.2. The number of halogens is 1. The van der Waals surface area contributed by atoms with Gasteiger partial charge in [-0.15, -0.1) is 0 Å². The molecule has 2 rings (SSSR count). The number of carbonyl (C=O) groups excluding carboxylic acids is 1. The van der Waals surface area contributed by atoms with Crippen LogP contribution in [0.25, 0.3) is 0 Å². The Bertz CT molecular complexity index is 964. The Balaban J connectivity index is 2.32. The molecule has 0 spiro atoms. The number of benzene rings is 2. The molecule has 1 amide bonds. The summed E-state index contributed by atoms with van der Waals surface area (Å²) in [5.41, 5.74) is 2.22. The van der Waals surface area contributed by atoms with Crippen molar-refractivity contribution in [3.63, 3.8) is 0 Å². The van der Waals surface area contributed by atoms with Gasteiger partial charge in [0, 0.05) is 51.2 Å². The third kappa shape index (κ3) is 6.52. The molecule has 2 aromatic rings. The lowest BCUT2D eigenvalue weighted by molar-refractivity contribution is 0.102. The number of nitrogens with zero attached hydrogens (tertiary/aromatic N) is 2. The Morgan fingerprint density at radius 1 is 1.17 bits per heavy atom. The van der Waals surface area contributed by atoms with E-state index in [1.54, 1.807) is 18.2 Å². The van der Waals surface area contributed by atoms with E-state index in [1.807, 2.05) is 19.0 Å². The fraction of sp³-hybridized carbons (Fsp3) is 0.350. The van der Waals surface area contributed by atoms with Gasteiger partial charge < -0.3 is 15.0 Å². The molecule has 0 aliphatic rings. The van der Waals surface area contributed by atoms with E-state index in [0.717, 1.165) is 18.0 Å². The average Bonchev–Trinajstić information content (AvgIpc) is 2.64. The van der Waals surface area contributed by atoms with Gasteiger partial charge in [0.15, 0.2) is 0 Å². The molecule has 7 nitrogen and oxygen atoms in total. The largest absolute Gasteiger partial charge is 0.383 e. The van der Waals surface area contributed by atoms with E-state index in [2.05, 4.69) is 5.32 Å². The molecule has 1 N–H and O–H groups in total. The van der Waals surface area contributed by atoms with Crippen molar-refractivity contribution in [1.29, 1.82) is 0 Å². The summed E-state index contributed by atoms with van der Waals surface area (Å²) in [6.45, 7) is 0.599. The molecule has 9 heteroatoms. The highest BCUT2D eigenvalue weighted by Gasteiger charge is 2.19. The smallest absolute Gasteiger partial charge is 0.255 e. The lowest BCUT2D eigenvalue weighted by Gasteiger charge is -2.24. The van der Waals surface area contributed by atoms with Gasteiger partial charge in [0.25, 0.3) is 5.91 Å². The summed E-state index contributed by atoms with van der Waals surface area (Å²) in [4.78, 5) is 14.3. The molecule has 0 heterocycles. The minimum atomic E-state index is -3.46. The first kappa shape index (κ1) is 22.8. The van der Waals surface area contributed by atoms with Gasteiger partial charge in [-0.05, 0) is 42.0 Å². The van der Waals surface area contributed by atoms with E-state index in [0.29, 0.717) is 11.3 Å². The van der Waals surface area contributed by atoms with Gasteiger partial charge in [0.1, 0.15) is 5.82 Å². The predicted molar refractivity (Wildman–Crippen MR) is 112 cm³/mol. The van der Waals surface area contributed by atoms with Crippen molar-refractivity contribution >= 4 is 27.3 Å². The van der Waals surface area contributed by atoms with Crippen LogP contribution in [0.15, 0.2) is 42.5 Å². The molecule has 0 atom stereocenters. The molecule has 29 heavy (non-hydrogen) atoms. The maximum atomic E-state index is 13.4. The minimum absolute atomic E-state index is 0.124. The quantitative estimate of drug-likeness (QED) is 0.671. The molecule has 0 bridgehead atoms. The molecule has 2 aromatic carbocycles. The van der Waals surface area contributed by atoms with E-state index >= 15 is 0 Å². The zero-order valence-electron chi connectivity index (χ0n) is 17.0. The van der Waals surface area contributed by atoms with Gasteiger partial charge in [-0.25, -0.2) is 12.8 Å². The van der Waals surface area contributed by atoms with Gasteiger partial charge in [-0.1, -0.05) is 6.07 Å². The average molecular weight is 424 g/mol. The number of anilines is 2. The molecule has 158 valence electrons. The SMILES string of the molecule is COCCN(Cc1cc(NC(=O)c2cccc(F)c2)ccc1N(C)C)S(C)(=O)=O.